The summed E-state index contributed by atoms with van der Waals surface area (Å²) in [7, 11) is -0.622. The van der Waals surface area contributed by atoms with E-state index in [4.69, 9.17) is 0 Å². The van der Waals surface area contributed by atoms with Crippen molar-refractivity contribution in [3.8, 4) is 0 Å². The Kier molecular flexibility index (Phi) is 5.22. The van der Waals surface area contributed by atoms with Crippen molar-refractivity contribution < 1.29 is 4.21 Å². The van der Waals surface area contributed by atoms with E-state index in [-0.39, 0.29) is 0 Å². The lowest BCUT2D eigenvalue weighted by Crippen LogP contribution is -2.64. The van der Waals surface area contributed by atoms with Crippen LogP contribution in [0, 0.1) is 0 Å². The van der Waals surface area contributed by atoms with Gasteiger partial charge < -0.3 is 5.32 Å². The highest BCUT2D eigenvalue weighted by molar-refractivity contribution is 7.84. The van der Waals surface area contributed by atoms with E-state index in [0.717, 1.165) is 31.1 Å². The minimum Gasteiger partial charge on any atom is -0.308 e. The van der Waals surface area contributed by atoms with Crippen LogP contribution in [0.15, 0.2) is 0 Å². The zero-order valence-electron chi connectivity index (χ0n) is 11.9. The lowest BCUT2D eigenvalue weighted by molar-refractivity contribution is 0.0677. The molecule has 0 aromatic rings. The molecule has 2 atom stereocenters. The molecular formula is C14H28N2OS. The number of rotatable bonds is 4. The van der Waals surface area contributed by atoms with Gasteiger partial charge in [-0.25, -0.2) is 0 Å². The summed E-state index contributed by atoms with van der Waals surface area (Å²) in [6.07, 6.45) is 6.80. The third-order valence-electron chi connectivity index (χ3n) is 4.64. The first kappa shape index (κ1) is 14.5. The van der Waals surface area contributed by atoms with E-state index in [0.29, 0.717) is 11.6 Å². The second-order valence-electron chi connectivity index (χ2n) is 5.97. The van der Waals surface area contributed by atoms with Gasteiger partial charge in [0.2, 0.25) is 0 Å². The van der Waals surface area contributed by atoms with Gasteiger partial charge >= 0.3 is 0 Å². The molecule has 1 heterocycles. The van der Waals surface area contributed by atoms with Crippen molar-refractivity contribution in [2.75, 3.05) is 31.1 Å². The van der Waals surface area contributed by atoms with Gasteiger partial charge in [-0.05, 0) is 19.8 Å². The Balaban J connectivity index is 1.89. The standard InChI is InChI=1S/C14H28N2OS/c1-3-18(17)10-9-16-12-14(15-11-13(16)2)7-5-4-6-8-14/h13,15H,3-12H2,1-2H3. The van der Waals surface area contributed by atoms with Gasteiger partial charge in [0.25, 0.3) is 0 Å². The van der Waals surface area contributed by atoms with Gasteiger partial charge in [-0.2, -0.15) is 0 Å². The van der Waals surface area contributed by atoms with E-state index in [2.05, 4.69) is 17.1 Å². The molecule has 1 N–H and O–H groups in total. The second kappa shape index (κ2) is 6.49. The SMILES string of the molecule is CCS(=O)CCN1CC2(CCCCC2)NCC1C. The van der Waals surface area contributed by atoms with E-state index in [1.54, 1.807) is 0 Å². The summed E-state index contributed by atoms with van der Waals surface area (Å²) in [4.78, 5) is 2.56. The molecule has 0 amide bonds. The molecule has 18 heavy (non-hydrogen) atoms. The summed E-state index contributed by atoms with van der Waals surface area (Å²) in [6, 6.07) is 0.589. The summed E-state index contributed by atoms with van der Waals surface area (Å²) in [6.45, 7) is 7.57. The van der Waals surface area contributed by atoms with Crippen molar-refractivity contribution in [1.29, 1.82) is 0 Å². The fraction of sp³-hybridized carbons (Fsp3) is 1.00. The molecule has 2 aliphatic rings. The van der Waals surface area contributed by atoms with Crippen LogP contribution >= 0.6 is 0 Å². The summed E-state index contributed by atoms with van der Waals surface area (Å²) in [5.74, 6) is 1.64. The molecule has 1 saturated carbocycles. The Morgan fingerprint density at radius 1 is 1.33 bits per heavy atom. The first-order valence-corrected chi connectivity index (χ1v) is 8.98. The molecule has 2 unspecified atom stereocenters. The van der Waals surface area contributed by atoms with Crippen LogP contribution in [0.1, 0.15) is 46.0 Å². The van der Waals surface area contributed by atoms with Crippen LogP contribution in [0.3, 0.4) is 0 Å². The lowest BCUT2D eigenvalue weighted by Gasteiger charge is -2.49. The quantitative estimate of drug-likeness (QED) is 0.846. The molecule has 1 spiro atoms. The van der Waals surface area contributed by atoms with Gasteiger partial charge in [-0.15, -0.1) is 0 Å². The van der Waals surface area contributed by atoms with Crippen LogP contribution in [0.4, 0.5) is 0 Å². The average molecular weight is 272 g/mol. The van der Waals surface area contributed by atoms with E-state index in [9.17, 15) is 4.21 Å². The molecule has 1 aliphatic heterocycles. The van der Waals surface area contributed by atoms with Gasteiger partial charge in [0, 0.05) is 53.5 Å². The predicted octanol–water partition coefficient (Wildman–Crippen LogP) is 1.75. The Bertz CT molecular complexity index is 290. The molecule has 0 aromatic heterocycles. The van der Waals surface area contributed by atoms with Crippen molar-refractivity contribution in [2.45, 2.75) is 57.5 Å². The third-order valence-corrected chi connectivity index (χ3v) is 5.92. The van der Waals surface area contributed by atoms with Crippen LogP contribution in [0.5, 0.6) is 0 Å². The summed E-state index contributed by atoms with van der Waals surface area (Å²) in [5, 5.41) is 3.80. The number of piperazine rings is 1. The number of hydrogen-bond donors (Lipinski definition) is 1. The van der Waals surface area contributed by atoms with Gasteiger partial charge in [-0.3, -0.25) is 9.11 Å². The van der Waals surface area contributed by atoms with E-state index in [1.807, 2.05) is 6.92 Å². The highest BCUT2D eigenvalue weighted by Crippen LogP contribution is 2.31. The summed E-state index contributed by atoms with van der Waals surface area (Å²) < 4.78 is 11.6. The van der Waals surface area contributed by atoms with Crippen LogP contribution in [-0.2, 0) is 10.8 Å². The number of nitrogens with one attached hydrogen (secondary N) is 1. The Hall–Kier alpha value is 0.0700. The normalized spacial score (nSPS) is 30.4. The highest BCUT2D eigenvalue weighted by atomic mass is 32.2. The van der Waals surface area contributed by atoms with Gasteiger partial charge in [-0.1, -0.05) is 26.2 Å². The first-order chi connectivity index (χ1) is 8.65. The molecule has 1 saturated heterocycles. The fourth-order valence-corrected chi connectivity index (χ4v) is 4.05. The van der Waals surface area contributed by atoms with Crippen molar-refractivity contribution in [1.82, 2.24) is 10.2 Å². The minimum atomic E-state index is -0.622. The molecule has 0 radical (unpaired) electrons. The van der Waals surface area contributed by atoms with Crippen molar-refractivity contribution in [2.24, 2.45) is 0 Å². The molecular weight excluding hydrogens is 244 g/mol. The molecule has 4 heteroatoms. The Labute approximate surface area is 114 Å². The van der Waals surface area contributed by atoms with E-state index >= 15 is 0 Å². The van der Waals surface area contributed by atoms with Gasteiger partial charge in [0.1, 0.15) is 0 Å². The van der Waals surface area contributed by atoms with Crippen LogP contribution in [0.2, 0.25) is 0 Å². The van der Waals surface area contributed by atoms with Gasteiger partial charge in [0.05, 0.1) is 0 Å². The monoisotopic (exact) mass is 272 g/mol. The average Bonchev–Trinajstić information content (AvgIpc) is 2.41. The summed E-state index contributed by atoms with van der Waals surface area (Å²) in [5.41, 5.74) is 0.373. The third kappa shape index (κ3) is 3.55. The molecule has 0 aromatic carbocycles. The van der Waals surface area contributed by atoms with Crippen molar-refractivity contribution in [3.05, 3.63) is 0 Å². The molecule has 2 rings (SSSR count). The van der Waals surface area contributed by atoms with Gasteiger partial charge in [0.15, 0.2) is 0 Å². The topological polar surface area (TPSA) is 32.3 Å². The Morgan fingerprint density at radius 2 is 2.06 bits per heavy atom. The first-order valence-electron chi connectivity index (χ1n) is 7.49. The molecule has 1 aliphatic carbocycles. The molecule has 106 valence electrons. The van der Waals surface area contributed by atoms with Crippen LogP contribution in [-0.4, -0.2) is 51.8 Å². The zero-order valence-corrected chi connectivity index (χ0v) is 12.7. The number of nitrogens with zero attached hydrogens (tertiary/aromatic N) is 1. The zero-order chi connectivity index (χ0) is 13.0. The summed E-state index contributed by atoms with van der Waals surface area (Å²) >= 11 is 0. The lowest BCUT2D eigenvalue weighted by atomic mass is 9.79. The largest absolute Gasteiger partial charge is 0.308 e. The van der Waals surface area contributed by atoms with E-state index < -0.39 is 10.8 Å². The molecule has 0 bridgehead atoms. The molecule has 3 nitrogen and oxygen atoms in total. The van der Waals surface area contributed by atoms with Crippen molar-refractivity contribution in [3.63, 3.8) is 0 Å². The maximum atomic E-state index is 11.6. The highest BCUT2D eigenvalue weighted by Gasteiger charge is 2.38. The maximum Gasteiger partial charge on any atom is 0.0362 e. The predicted molar refractivity (Wildman–Crippen MR) is 78.4 cm³/mol. The van der Waals surface area contributed by atoms with Crippen molar-refractivity contribution >= 4 is 10.8 Å². The van der Waals surface area contributed by atoms with E-state index in [1.165, 1.54) is 32.1 Å². The van der Waals surface area contributed by atoms with Crippen LogP contribution in [0.25, 0.3) is 0 Å². The maximum absolute atomic E-state index is 11.6. The smallest absolute Gasteiger partial charge is 0.0362 e. The molecule has 2 fully saturated rings. The fourth-order valence-electron chi connectivity index (χ4n) is 3.32. The number of hydrogen-bond acceptors (Lipinski definition) is 3. The second-order valence-corrected chi connectivity index (χ2v) is 7.84. The minimum absolute atomic E-state index is 0.373. The Morgan fingerprint density at radius 3 is 2.72 bits per heavy atom. The van der Waals surface area contributed by atoms with Crippen LogP contribution < -0.4 is 5.32 Å².